The molecule has 0 bridgehead atoms. The number of aryl methyl sites for hydroxylation is 2. The van der Waals surface area contributed by atoms with Gasteiger partial charge in [0.2, 0.25) is 0 Å². The highest BCUT2D eigenvalue weighted by Gasteiger charge is 2.12. The predicted molar refractivity (Wildman–Crippen MR) is 73.4 cm³/mol. The van der Waals surface area contributed by atoms with Crippen LogP contribution in [0.25, 0.3) is 11.5 Å². The van der Waals surface area contributed by atoms with E-state index in [1.807, 2.05) is 11.5 Å². The molecular formula is C12H15BrN4O. The molecule has 0 fully saturated rings. The number of nitrogens with one attached hydrogen (secondary N) is 1. The first kappa shape index (κ1) is 13.0. The zero-order chi connectivity index (χ0) is 13.1. The van der Waals surface area contributed by atoms with Gasteiger partial charge in [0.25, 0.3) is 5.56 Å². The molecule has 6 heteroatoms. The summed E-state index contributed by atoms with van der Waals surface area (Å²) < 4.78 is 2.47. The lowest BCUT2D eigenvalue weighted by Crippen LogP contribution is -2.14. The predicted octanol–water partition coefficient (Wildman–Crippen LogP) is 2.37. The second-order valence-corrected chi connectivity index (χ2v) is 4.78. The molecule has 18 heavy (non-hydrogen) atoms. The molecule has 1 N–H and O–H groups in total. The Morgan fingerprint density at radius 1 is 1.44 bits per heavy atom. The van der Waals surface area contributed by atoms with Crippen molar-refractivity contribution in [2.24, 2.45) is 0 Å². The maximum Gasteiger partial charge on any atom is 0.265 e. The van der Waals surface area contributed by atoms with Crippen molar-refractivity contribution in [1.29, 1.82) is 0 Å². The average molecular weight is 311 g/mol. The lowest BCUT2D eigenvalue weighted by atomic mass is 10.2. The van der Waals surface area contributed by atoms with Crippen molar-refractivity contribution in [2.45, 2.75) is 33.2 Å². The number of halogens is 1. The van der Waals surface area contributed by atoms with E-state index >= 15 is 0 Å². The fourth-order valence-corrected chi connectivity index (χ4v) is 2.19. The molecule has 0 saturated carbocycles. The molecule has 0 atom stereocenters. The van der Waals surface area contributed by atoms with Gasteiger partial charge in [-0.15, -0.1) is 0 Å². The number of hydrogen-bond donors (Lipinski definition) is 1. The van der Waals surface area contributed by atoms with Crippen molar-refractivity contribution in [2.75, 3.05) is 0 Å². The van der Waals surface area contributed by atoms with E-state index in [1.54, 1.807) is 12.5 Å². The van der Waals surface area contributed by atoms with E-state index in [2.05, 4.69) is 37.8 Å². The summed E-state index contributed by atoms with van der Waals surface area (Å²) in [5.41, 5.74) is 1.48. The van der Waals surface area contributed by atoms with E-state index in [0.717, 1.165) is 30.8 Å². The summed E-state index contributed by atoms with van der Waals surface area (Å²) in [6.07, 6.45) is 5.17. The summed E-state index contributed by atoms with van der Waals surface area (Å²) in [5, 5.41) is 0. The van der Waals surface area contributed by atoms with Crippen LogP contribution in [0, 0.1) is 0 Å². The standard InChI is InChI=1S/C12H15BrN4O/c1-3-5-8-10(13)12(18)16-11(15-8)9-6-14-7-17(9)4-2/h6-7H,3-5H2,1-2H3,(H,15,16,18). The van der Waals surface area contributed by atoms with Gasteiger partial charge in [-0.2, -0.15) is 0 Å². The first-order valence-electron chi connectivity index (χ1n) is 5.96. The van der Waals surface area contributed by atoms with Crippen LogP contribution in [0.1, 0.15) is 26.0 Å². The van der Waals surface area contributed by atoms with E-state index in [9.17, 15) is 4.79 Å². The molecule has 5 nitrogen and oxygen atoms in total. The van der Waals surface area contributed by atoms with Gasteiger partial charge >= 0.3 is 0 Å². The van der Waals surface area contributed by atoms with Gasteiger partial charge in [0.15, 0.2) is 5.82 Å². The van der Waals surface area contributed by atoms with Crippen LogP contribution in [0.2, 0.25) is 0 Å². The molecule has 0 saturated heterocycles. The van der Waals surface area contributed by atoms with Crippen LogP contribution in [0.3, 0.4) is 0 Å². The van der Waals surface area contributed by atoms with E-state index in [0.29, 0.717) is 10.3 Å². The normalized spacial score (nSPS) is 10.8. The third kappa shape index (κ3) is 2.38. The monoisotopic (exact) mass is 310 g/mol. The average Bonchev–Trinajstić information content (AvgIpc) is 2.83. The fraction of sp³-hybridized carbons (Fsp3) is 0.417. The second kappa shape index (κ2) is 5.48. The largest absolute Gasteiger partial charge is 0.328 e. The van der Waals surface area contributed by atoms with Gasteiger partial charge in [-0.25, -0.2) is 9.97 Å². The summed E-state index contributed by atoms with van der Waals surface area (Å²) >= 11 is 3.29. The second-order valence-electron chi connectivity index (χ2n) is 3.99. The number of nitrogens with zero attached hydrogens (tertiary/aromatic N) is 3. The zero-order valence-electron chi connectivity index (χ0n) is 10.4. The molecule has 0 aromatic carbocycles. The molecule has 2 rings (SSSR count). The van der Waals surface area contributed by atoms with Crippen LogP contribution in [0.4, 0.5) is 0 Å². The molecule has 0 spiro atoms. The van der Waals surface area contributed by atoms with Crippen LogP contribution >= 0.6 is 15.9 Å². The van der Waals surface area contributed by atoms with Crippen molar-refractivity contribution in [3.05, 3.63) is 33.0 Å². The van der Waals surface area contributed by atoms with Gasteiger partial charge in [-0.1, -0.05) is 13.3 Å². The highest BCUT2D eigenvalue weighted by atomic mass is 79.9. The molecule has 0 aliphatic carbocycles. The number of aromatic nitrogens is 4. The Bertz CT molecular complexity index is 602. The number of aromatic amines is 1. The maximum atomic E-state index is 11.9. The van der Waals surface area contributed by atoms with E-state index in [1.165, 1.54) is 0 Å². The molecule has 2 heterocycles. The highest BCUT2D eigenvalue weighted by Crippen LogP contribution is 2.17. The van der Waals surface area contributed by atoms with Crippen LogP contribution in [0.5, 0.6) is 0 Å². The first-order valence-corrected chi connectivity index (χ1v) is 6.75. The Morgan fingerprint density at radius 2 is 2.22 bits per heavy atom. The highest BCUT2D eigenvalue weighted by molar-refractivity contribution is 9.10. The van der Waals surface area contributed by atoms with Gasteiger partial charge in [0.05, 0.1) is 18.2 Å². The van der Waals surface area contributed by atoms with Crippen molar-refractivity contribution >= 4 is 15.9 Å². The van der Waals surface area contributed by atoms with Crippen LogP contribution in [-0.2, 0) is 13.0 Å². The summed E-state index contributed by atoms with van der Waals surface area (Å²) in [5.74, 6) is 0.575. The summed E-state index contributed by atoms with van der Waals surface area (Å²) in [6, 6.07) is 0. The summed E-state index contributed by atoms with van der Waals surface area (Å²) in [6.45, 7) is 4.87. The number of rotatable bonds is 4. The van der Waals surface area contributed by atoms with Crippen molar-refractivity contribution in [1.82, 2.24) is 19.5 Å². The van der Waals surface area contributed by atoms with E-state index in [4.69, 9.17) is 0 Å². The molecule has 0 amide bonds. The lowest BCUT2D eigenvalue weighted by molar-refractivity contribution is 0.760. The van der Waals surface area contributed by atoms with Gasteiger partial charge in [0, 0.05) is 6.54 Å². The van der Waals surface area contributed by atoms with Crippen LogP contribution < -0.4 is 5.56 Å². The Morgan fingerprint density at radius 3 is 2.89 bits per heavy atom. The minimum Gasteiger partial charge on any atom is -0.328 e. The van der Waals surface area contributed by atoms with Gasteiger partial charge in [-0.05, 0) is 29.3 Å². The summed E-state index contributed by atoms with van der Waals surface area (Å²) in [7, 11) is 0. The molecule has 0 unspecified atom stereocenters. The van der Waals surface area contributed by atoms with Crippen LogP contribution in [0.15, 0.2) is 21.8 Å². The maximum absolute atomic E-state index is 11.9. The van der Waals surface area contributed by atoms with Gasteiger partial charge in [0.1, 0.15) is 10.2 Å². The minimum atomic E-state index is -0.146. The number of hydrogen-bond acceptors (Lipinski definition) is 3. The minimum absolute atomic E-state index is 0.146. The molecule has 0 aliphatic heterocycles. The molecule has 0 radical (unpaired) electrons. The quantitative estimate of drug-likeness (QED) is 0.943. The topological polar surface area (TPSA) is 63.6 Å². The van der Waals surface area contributed by atoms with Crippen molar-refractivity contribution in [3.8, 4) is 11.5 Å². The molecular weight excluding hydrogens is 296 g/mol. The Hall–Kier alpha value is -1.43. The number of imidazole rings is 1. The molecule has 96 valence electrons. The van der Waals surface area contributed by atoms with Gasteiger partial charge < -0.3 is 9.55 Å². The Labute approximate surface area is 113 Å². The number of H-pyrrole nitrogens is 1. The SMILES string of the molecule is CCCc1nc(-c2cncn2CC)[nH]c(=O)c1Br. The van der Waals surface area contributed by atoms with Crippen molar-refractivity contribution < 1.29 is 0 Å². The third-order valence-corrected chi connectivity index (χ3v) is 3.53. The molecule has 2 aromatic rings. The van der Waals surface area contributed by atoms with E-state index in [-0.39, 0.29) is 5.56 Å². The first-order chi connectivity index (χ1) is 8.67. The lowest BCUT2D eigenvalue weighted by Gasteiger charge is -2.07. The smallest absolute Gasteiger partial charge is 0.265 e. The Kier molecular flexibility index (Phi) is 3.96. The Balaban J connectivity index is 2.55. The molecule has 0 aliphatic rings. The van der Waals surface area contributed by atoms with E-state index < -0.39 is 0 Å². The summed E-state index contributed by atoms with van der Waals surface area (Å²) in [4.78, 5) is 23.2. The van der Waals surface area contributed by atoms with Crippen LogP contribution in [-0.4, -0.2) is 19.5 Å². The van der Waals surface area contributed by atoms with Gasteiger partial charge in [-0.3, -0.25) is 4.79 Å². The zero-order valence-corrected chi connectivity index (χ0v) is 12.0. The fourth-order valence-electron chi connectivity index (χ4n) is 1.80. The molecule has 2 aromatic heterocycles. The third-order valence-electron chi connectivity index (χ3n) is 2.71. The van der Waals surface area contributed by atoms with Crippen molar-refractivity contribution in [3.63, 3.8) is 0 Å².